The lowest BCUT2D eigenvalue weighted by Gasteiger charge is -2.33. The van der Waals surface area contributed by atoms with Crippen molar-refractivity contribution < 1.29 is 4.42 Å². The SMILES string of the molecule is C1=CC(N(c2ccc(-c3ccc4ccccc4c3)cc2)c2ccc(-c3cccc4c3oc3ccccc34)cc2)CC=C1c1cc(-c2ccccc2)cc(-c2ccccc2)c1. The number of rotatable bonds is 8. The summed E-state index contributed by atoms with van der Waals surface area (Å²) in [6, 6.07) is 76.6. The van der Waals surface area contributed by atoms with Crippen LogP contribution in [0.1, 0.15) is 12.0 Å². The molecule has 0 amide bonds. The van der Waals surface area contributed by atoms with E-state index in [0.717, 1.165) is 50.9 Å². The van der Waals surface area contributed by atoms with E-state index >= 15 is 0 Å². The van der Waals surface area contributed by atoms with Crippen molar-refractivity contribution in [1.82, 2.24) is 0 Å². The van der Waals surface area contributed by atoms with Crippen LogP contribution in [0.2, 0.25) is 0 Å². The average Bonchev–Trinajstić information content (AvgIpc) is 3.72. The van der Waals surface area contributed by atoms with Crippen LogP contribution in [0, 0.1) is 0 Å². The number of benzene rings is 9. The van der Waals surface area contributed by atoms with Crippen molar-refractivity contribution in [3.05, 3.63) is 236 Å². The minimum Gasteiger partial charge on any atom is -0.455 e. The molecule has 0 saturated heterocycles. The number of furan rings is 1. The van der Waals surface area contributed by atoms with Gasteiger partial charge in [0, 0.05) is 27.7 Å². The van der Waals surface area contributed by atoms with Gasteiger partial charge < -0.3 is 9.32 Å². The van der Waals surface area contributed by atoms with Crippen molar-refractivity contribution in [2.24, 2.45) is 0 Å². The molecular weight excluding hydrogens is 727 g/mol. The van der Waals surface area contributed by atoms with E-state index in [1.54, 1.807) is 0 Å². The van der Waals surface area contributed by atoms with E-state index in [1.807, 2.05) is 12.1 Å². The highest BCUT2D eigenvalue weighted by atomic mass is 16.3. The van der Waals surface area contributed by atoms with Gasteiger partial charge >= 0.3 is 0 Å². The fourth-order valence-electron chi connectivity index (χ4n) is 8.89. The maximum absolute atomic E-state index is 6.44. The van der Waals surface area contributed by atoms with Gasteiger partial charge in [0.05, 0.1) is 6.04 Å². The van der Waals surface area contributed by atoms with E-state index in [0.29, 0.717) is 0 Å². The number of hydrogen-bond acceptors (Lipinski definition) is 2. The Morgan fingerprint density at radius 2 is 0.967 bits per heavy atom. The first-order valence-corrected chi connectivity index (χ1v) is 20.8. The van der Waals surface area contributed by atoms with Crippen molar-refractivity contribution in [2.45, 2.75) is 12.5 Å². The summed E-state index contributed by atoms with van der Waals surface area (Å²) >= 11 is 0. The number of allylic oxidation sites excluding steroid dienone is 2. The summed E-state index contributed by atoms with van der Waals surface area (Å²) in [5, 5.41) is 4.78. The number of para-hydroxylation sites is 2. The Balaban J connectivity index is 0.956. The lowest BCUT2D eigenvalue weighted by Crippen LogP contribution is -2.30. The highest BCUT2D eigenvalue weighted by Gasteiger charge is 2.22. The molecule has 0 N–H and O–H groups in total. The second-order valence-corrected chi connectivity index (χ2v) is 15.7. The number of fused-ring (bicyclic) bond motifs is 4. The van der Waals surface area contributed by atoms with E-state index in [2.05, 4.69) is 223 Å². The van der Waals surface area contributed by atoms with Crippen LogP contribution >= 0.6 is 0 Å². The van der Waals surface area contributed by atoms with Crippen molar-refractivity contribution in [3.63, 3.8) is 0 Å². The highest BCUT2D eigenvalue weighted by Crippen LogP contribution is 2.40. The first-order chi connectivity index (χ1) is 29.7. The standard InChI is InChI=1S/C58H41NO/c1-3-12-40(13-4-1)48-37-49(41-14-5-2-6-15-41)39-50(38-48)44-26-32-52(33-27-44)59(51-30-24-43(25-31-51)47-23-22-42-16-7-8-17-46(42)36-47)53-34-28-45(29-35-53)54-19-11-20-56-55-18-9-10-21-57(55)60-58(54)56/h1-32,34-39,52H,33H2. The molecule has 0 spiro atoms. The van der Waals surface area contributed by atoms with Gasteiger partial charge in [-0.1, -0.05) is 176 Å². The monoisotopic (exact) mass is 767 g/mol. The number of hydrogen-bond donors (Lipinski definition) is 0. The summed E-state index contributed by atoms with van der Waals surface area (Å²) in [5.74, 6) is 0. The van der Waals surface area contributed by atoms with E-state index < -0.39 is 0 Å². The first kappa shape index (κ1) is 35.5. The Morgan fingerprint density at radius 3 is 1.65 bits per heavy atom. The van der Waals surface area contributed by atoms with Crippen LogP contribution in [-0.4, -0.2) is 6.04 Å². The lowest BCUT2D eigenvalue weighted by molar-refractivity contribution is 0.670. The van der Waals surface area contributed by atoms with Gasteiger partial charge in [0.25, 0.3) is 0 Å². The predicted molar refractivity (Wildman–Crippen MR) is 254 cm³/mol. The second kappa shape index (κ2) is 15.2. The van der Waals surface area contributed by atoms with E-state index in [-0.39, 0.29) is 6.04 Å². The van der Waals surface area contributed by atoms with E-state index in [9.17, 15) is 0 Å². The highest BCUT2D eigenvalue weighted by molar-refractivity contribution is 6.09. The Morgan fingerprint density at radius 1 is 0.400 bits per heavy atom. The molecule has 0 radical (unpaired) electrons. The number of nitrogens with zero attached hydrogens (tertiary/aromatic N) is 1. The summed E-state index contributed by atoms with van der Waals surface area (Å²) in [7, 11) is 0. The molecule has 1 aliphatic carbocycles. The van der Waals surface area contributed by atoms with Crippen LogP contribution in [0.4, 0.5) is 11.4 Å². The Labute approximate surface area is 350 Å². The fraction of sp³-hybridized carbons (Fsp3) is 0.0345. The van der Waals surface area contributed by atoms with Crippen LogP contribution in [-0.2, 0) is 0 Å². The summed E-state index contributed by atoms with van der Waals surface area (Å²) in [6.07, 6.45) is 7.97. The van der Waals surface area contributed by atoms with Gasteiger partial charge in [-0.15, -0.1) is 0 Å². The minimum atomic E-state index is 0.107. The molecule has 1 aromatic heterocycles. The van der Waals surface area contributed by atoms with Gasteiger partial charge in [-0.05, 0) is 122 Å². The normalized spacial score (nSPS) is 13.8. The van der Waals surface area contributed by atoms with E-state index in [4.69, 9.17) is 4.42 Å². The molecular formula is C58H41NO. The maximum Gasteiger partial charge on any atom is 0.143 e. The fourth-order valence-corrected chi connectivity index (χ4v) is 8.89. The van der Waals surface area contributed by atoms with Gasteiger partial charge in [-0.25, -0.2) is 0 Å². The molecule has 1 unspecified atom stereocenters. The van der Waals surface area contributed by atoms with Crippen LogP contribution in [0.15, 0.2) is 235 Å². The molecule has 0 saturated carbocycles. The molecule has 1 atom stereocenters. The summed E-state index contributed by atoms with van der Waals surface area (Å²) in [6.45, 7) is 0. The lowest BCUT2D eigenvalue weighted by atomic mass is 9.90. The van der Waals surface area contributed by atoms with Crippen LogP contribution < -0.4 is 4.90 Å². The van der Waals surface area contributed by atoms with Crippen molar-refractivity contribution in [3.8, 4) is 44.5 Å². The molecule has 0 aliphatic heterocycles. The summed E-state index contributed by atoms with van der Waals surface area (Å²) in [4.78, 5) is 2.48. The Bertz CT molecular complexity index is 3150. The molecule has 60 heavy (non-hydrogen) atoms. The minimum absolute atomic E-state index is 0.107. The first-order valence-electron chi connectivity index (χ1n) is 20.8. The van der Waals surface area contributed by atoms with Gasteiger partial charge in [-0.3, -0.25) is 0 Å². The predicted octanol–water partition coefficient (Wildman–Crippen LogP) is 16.0. The molecule has 0 fully saturated rings. The van der Waals surface area contributed by atoms with Crippen LogP contribution in [0.3, 0.4) is 0 Å². The topological polar surface area (TPSA) is 16.4 Å². The van der Waals surface area contributed by atoms with Gasteiger partial charge in [0.2, 0.25) is 0 Å². The van der Waals surface area contributed by atoms with Crippen molar-refractivity contribution >= 4 is 49.7 Å². The summed E-state index contributed by atoms with van der Waals surface area (Å²) in [5.41, 5.74) is 16.1. The molecule has 2 heteroatoms. The Hall–Kier alpha value is -7.68. The van der Waals surface area contributed by atoms with Crippen LogP contribution in [0.5, 0.6) is 0 Å². The van der Waals surface area contributed by atoms with Crippen molar-refractivity contribution in [1.29, 1.82) is 0 Å². The average molecular weight is 768 g/mol. The smallest absolute Gasteiger partial charge is 0.143 e. The maximum atomic E-state index is 6.44. The third-order valence-corrected chi connectivity index (χ3v) is 12.0. The molecule has 1 heterocycles. The van der Waals surface area contributed by atoms with Gasteiger partial charge in [-0.2, -0.15) is 0 Å². The number of anilines is 2. The molecule has 9 aromatic carbocycles. The molecule has 0 bridgehead atoms. The molecule has 2 nitrogen and oxygen atoms in total. The molecule has 1 aliphatic rings. The van der Waals surface area contributed by atoms with Crippen LogP contribution in [0.25, 0.3) is 82.8 Å². The second-order valence-electron chi connectivity index (χ2n) is 15.7. The quantitative estimate of drug-likeness (QED) is 0.153. The zero-order chi connectivity index (χ0) is 39.8. The zero-order valence-corrected chi connectivity index (χ0v) is 33.1. The van der Waals surface area contributed by atoms with Crippen molar-refractivity contribution in [2.75, 3.05) is 4.90 Å². The zero-order valence-electron chi connectivity index (χ0n) is 33.1. The molecule has 11 rings (SSSR count). The van der Waals surface area contributed by atoms with E-state index in [1.165, 1.54) is 55.3 Å². The van der Waals surface area contributed by atoms with Gasteiger partial charge in [0.15, 0.2) is 0 Å². The largest absolute Gasteiger partial charge is 0.455 e. The van der Waals surface area contributed by atoms with Gasteiger partial charge in [0.1, 0.15) is 11.2 Å². The third kappa shape index (κ3) is 6.68. The molecule has 284 valence electrons. The Kier molecular flexibility index (Phi) is 9.02. The molecule has 10 aromatic rings. The third-order valence-electron chi connectivity index (χ3n) is 12.0. The summed E-state index contributed by atoms with van der Waals surface area (Å²) < 4.78 is 6.44.